The first kappa shape index (κ1) is 17.9. The predicted octanol–water partition coefficient (Wildman–Crippen LogP) is 1.87. The molecule has 1 amide bonds. The van der Waals surface area contributed by atoms with Crippen molar-refractivity contribution in [3.05, 3.63) is 28.2 Å². The number of carbonyl (C=O) groups excluding carboxylic acids is 1. The van der Waals surface area contributed by atoms with Crippen LogP contribution in [0.1, 0.15) is 19.4 Å². The number of ether oxygens (including phenoxy) is 2. The Morgan fingerprint density at radius 1 is 1.43 bits per heavy atom. The number of carbonyl (C=O) groups is 1. The SMILES string of the molecule is COCCNC(=O)C(C)Oc1ccc(Br)cc1CC(C)N. The quantitative estimate of drug-likeness (QED) is 0.695. The third kappa shape index (κ3) is 6.46. The molecule has 0 fully saturated rings. The van der Waals surface area contributed by atoms with Crippen LogP contribution in [0.2, 0.25) is 0 Å². The van der Waals surface area contributed by atoms with Gasteiger partial charge in [-0.2, -0.15) is 0 Å². The normalized spacial score (nSPS) is 13.6. The second kappa shape index (κ2) is 9.02. The van der Waals surface area contributed by atoms with E-state index in [0.717, 1.165) is 10.0 Å². The first-order chi connectivity index (χ1) is 9.93. The van der Waals surface area contributed by atoms with Gasteiger partial charge < -0.3 is 20.5 Å². The molecular formula is C15H23BrN2O3. The van der Waals surface area contributed by atoms with Crippen LogP contribution in [0.25, 0.3) is 0 Å². The minimum absolute atomic E-state index is 0.0208. The Morgan fingerprint density at radius 2 is 2.14 bits per heavy atom. The first-order valence-electron chi connectivity index (χ1n) is 6.91. The molecule has 0 aliphatic rings. The molecule has 0 saturated carbocycles. The van der Waals surface area contributed by atoms with Crippen molar-refractivity contribution in [1.29, 1.82) is 0 Å². The number of halogens is 1. The Bertz CT molecular complexity index is 466. The van der Waals surface area contributed by atoms with Crippen molar-refractivity contribution in [2.45, 2.75) is 32.4 Å². The molecule has 0 bridgehead atoms. The molecule has 0 saturated heterocycles. The van der Waals surface area contributed by atoms with E-state index in [2.05, 4.69) is 21.2 Å². The number of rotatable bonds is 8. The summed E-state index contributed by atoms with van der Waals surface area (Å²) < 4.78 is 11.6. The van der Waals surface area contributed by atoms with E-state index in [1.807, 2.05) is 25.1 Å². The van der Waals surface area contributed by atoms with Crippen LogP contribution in [0.3, 0.4) is 0 Å². The maximum atomic E-state index is 11.9. The van der Waals surface area contributed by atoms with Gasteiger partial charge in [-0.05, 0) is 44.0 Å². The molecule has 0 spiro atoms. The van der Waals surface area contributed by atoms with Crippen LogP contribution in [-0.4, -0.2) is 38.3 Å². The summed E-state index contributed by atoms with van der Waals surface area (Å²) in [4.78, 5) is 11.9. The molecule has 6 heteroatoms. The Balaban J connectivity index is 2.70. The first-order valence-corrected chi connectivity index (χ1v) is 7.70. The van der Waals surface area contributed by atoms with Gasteiger partial charge in [-0.25, -0.2) is 0 Å². The highest BCUT2D eigenvalue weighted by atomic mass is 79.9. The predicted molar refractivity (Wildman–Crippen MR) is 86.5 cm³/mol. The number of nitrogens with one attached hydrogen (secondary N) is 1. The lowest BCUT2D eigenvalue weighted by molar-refractivity contribution is -0.127. The summed E-state index contributed by atoms with van der Waals surface area (Å²) in [6.45, 7) is 4.61. The van der Waals surface area contributed by atoms with Crippen molar-refractivity contribution in [1.82, 2.24) is 5.32 Å². The fourth-order valence-electron chi connectivity index (χ4n) is 1.83. The fraction of sp³-hybridized carbons (Fsp3) is 0.533. The molecule has 2 unspecified atom stereocenters. The second-order valence-corrected chi connectivity index (χ2v) is 5.89. The van der Waals surface area contributed by atoms with Crippen LogP contribution in [0.4, 0.5) is 0 Å². The summed E-state index contributed by atoms with van der Waals surface area (Å²) in [5.74, 6) is 0.520. The molecule has 0 radical (unpaired) electrons. The van der Waals surface area contributed by atoms with Crippen LogP contribution in [-0.2, 0) is 16.0 Å². The zero-order valence-corrected chi connectivity index (χ0v) is 14.3. The number of methoxy groups -OCH3 is 1. The summed E-state index contributed by atoms with van der Waals surface area (Å²) in [5, 5.41) is 2.75. The lowest BCUT2D eigenvalue weighted by Gasteiger charge is -2.18. The third-order valence-corrected chi connectivity index (χ3v) is 3.34. The van der Waals surface area contributed by atoms with E-state index >= 15 is 0 Å². The Labute approximate surface area is 134 Å². The zero-order valence-electron chi connectivity index (χ0n) is 12.7. The van der Waals surface area contributed by atoms with Gasteiger partial charge in [0.2, 0.25) is 0 Å². The van der Waals surface area contributed by atoms with Crippen LogP contribution < -0.4 is 15.8 Å². The maximum Gasteiger partial charge on any atom is 0.260 e. The summed E-state index contributed by atoms with van der Waals surface area (Å²) in [6.07, 6.45) is 0.113. The molecule has 3 N–H and O–H groups in total. The lowest BCUT2D eigenvalue weighted by Crippen LogP contribution is -2.38. The number of amides is 1. The molecule has 0 aliphatic carbocycles. The highest BCUT2D eigenvalue weighted by Crippen LogP contribution is 2.25. The molecule has 5 nitrogen and oxygen atoms in total. The summed E-state index contributed by atoms with van der Waals surface area (Å²) in [7, 11) is 1.59. The van der Waals surface area contributed by atoms with Crippen molar-refractivity contribution in [2.75, 3.05) is 20.3 Å². The van der Waals surface area contributed by atoms with Crippen LogP contribution in [0, 0.1) is 0 Å². The van der Waals surface area contributed by atoms with Crippen LogP contribution >= 0.6 is 15.9 Å². The van der Waals surface area contributed by atoms with Gasteiger partial charge in [-0.3, -0.25) is 4.79 Å². The summed E-state index contributed by atoms with van der Waals surface area (Å²) in [6, 6.07) is 5.72. The van der Waals surface area contributed by atoms with E-state index in [0.29, 0.717) is 25.3 Å². The standard InChI is InChI=1S/C15H23BrN2O3/c1-10(17)8-12-9-13(16)4-5-14(12)21-11(2)15(19)18-6-7-20-3/h4-5,9-11H,6-8,17H2,1-3H3,(H,18,19). The van der Waals surface area contributed by atoms with Crippen molar-refractivity contribution in [2.24, 2.45) is 5.73 Å². The molecule has 118 valence electrons. The Morgan fingerprint density at radius 3 is 2.76 bits per heavy atom. The second-order valence-electron chi connectivity index (χ2n) is 4.98. The van der Waals surface area contributed by atoms with Gasteiger partial charge in [-0.15, -0.1) is 0 Å². The largest absolute Gasteiger partial charge is 0.481 e. The molecule has 0 aliphatic heterocycles. The lowest BCUT2D eigenvalue weighted by atomic mass is 10.1. The molecule has 1 rings (SSSR count). The van der Waals surface area contributed by atoms with E-state index in [9.17, 15) is 4.79 Å². The van der Waals surface area contributed by atoms with E-state index in [1.54, 1.807) is 14.0 Å². The molecule has 0 aromatic heterocycles. The summed E-state index contributed by atoms with van der Waals surface area (Å²) >= 11 is 3.43. The van der Waals surface area contributed by atoms with Crippen molar-refractivity contribution in [3.8, 4) is 5.75 Å². The van der Waals surface area contributed by atoms with E-state index in [4.69, 9.17) is 15.2 Å². The molecule has 1 aromatic rings. The van der Waals surface area contributed by atoms with Gasteiger partial charge in [0.25, 0.3) is 5.91 Å². The average Bonchev–Trinajstić information content (AvgIpc) is 2.41. The molecule has 2 atom stereocenters. The minimum atomic E-state index is -0.574. The Kier molecular flexibility index (Phi) is 7.71. The van der Waals surface area contributed by atoms with Gasteiger partial charge in [0, 0.05) is 24.2 Å². The van der Waals surface area contributed by atoms with Gasteiger partial charge in [0.05, 0.1) is 6.61 Å². The minimum Gasteiger partial charge on any atom is -0.481 e. The smallest absolute Gasteiger partial charge is 0.260 e. The fourth-order valence-corrected chi connectivity index (χ4v) is 2.24. The highest BCUT2D eigenvalue weighted by molar-refractivity contribution is 9.10. The number of benzene rings is 1. The van der Waals surface area contributed by atoms with Crippen molar-refractivity contribution >= 4 is 21.8 Å². The van der Waals surface area contributed by atoms with Crippen molar-refractivity contribution < 1.29 is 14.3 Å². The molecule has 1 aromatic carbocycles. The Hall–Kier alpha value is -1.11. The number of hydrogen-bond acceptors (Lipinski definition) is 4. The van der Waals surface area contributed by atoms with Crippen LogP contribution in [0.5, 0.6) is 5.75 Å². The monoisotopic (exact) mass is 358 g/mol. The highest BCUT2D eigenvalue weighted by Gasteiger charge is 2.16. The van der Waals surface area contributed by atoms with Gasteiger partial charge in [0.1, 0.15) is 5.75 Å². The summed E-state index contributed by atoms with van der Waals surface area (Å²) in [5.41, 5.74) is 6.83. The number of nitrogens with two attached hydrogens (primary N) is 1. The van der Waals surface area contributed by atoms with Gasteiger partial charge in [-0.1, -0.05) is 15.9 Å². The number of hydrogen-bond donors (Lipinski definition) is 2. The molecule has 21 heavy (non-hydrogen) atoms. The van der Waals surface area contributed by atoms with E-state index < -0.39 is 6.10 Å². The maximum absolute atomic E-state index is 11.9. The van der Waals surface area contributed by atoms with E-state index in [1.165, 1.54) is 0 Å². The van der Waals surface area contributed by atoms with Crippen LogP contribution in [0.15, 0.2) is 22.7 Å². The van der Waals surface area contributed by atoms with Gasteiger partial charge in [0.15, 0.2) is 6.10 Å². The van der Waals surface area contributed by atoms with Gasteiger partial charge >= 0.3 is 0 Å². The average molecular weight is 359 g/mol. The van der Waals surface area contributed by atoms with Crippen molar-refractivity contribution in [3.63, 3.8) is 0 Å². The third-order valence-electron chi connectivity index (χ3n) is 2.84. The molecular weight excluding hydrogens is 336 g/mol. The van der Waals surface area contributed by atoms with E-state index in [-0.39, 0.29) is 11.9 Å². The zero-order chi connectivity index (χ0) is 15.8. The topological polar surface area (TPSA) is 73.6 Å². The molecule has 0 heterocycles.